The number of nitrogens with one attached hydrogen (secondary N) is 3. The minimum absolute atomic E-state index is 0.00902. The number of halogens is 1. The maximum atomic E-state index is 13.8. The van der Waals surface area contributed by atoms with Crippen molar-refractivity contribution in [3.63, 3.8) is 0 Å². The van der Waals surface area contributed by atoms with Crippen molar-refractivity contribution in [2.24, 2.45) is 11.5 Å². The highest BCUT2D eigenvalue weighted by Gasteiger charge is 2.45. The third-order valence-corrected chi connectivity index (χ3v) is 8.84. The Labute approximate surface area is 261 Å². The molecule has 3 aromatic carbocycles. The molecule has 1 fully saturated rings. The third-order valence-electron chi connectivity index (χ3n) is 8.84. The van der Waals surface area contributed by atoms with E-state index in [2.05, 4.69) is 16.7 Å². The van der Waals surface area contributed by atoms with Crippen molar-refractivity contribution in [3.8, 4) is 6.07 Å². The van der Waals surface area contributed by atoms with Gasteiger partial charge in [-0.2, -0.15) is 5.26 Å². The fourth-order valence-corrected chi connectivity index (χ4v) is 6.62. The second-order valence-electron chi connectivity index (χ2n) is 11.7. The average molecular weight is 610 g/mol. The van der Waals surface area contributed by atoms with Crippen LogP contribution in [0.25, 0.3) is 0 Å². The molecule has 10 nitrogen and oxygen atoms in total. The van der Waals surface area contributed by atoms with Crippen LogP contribution in [0.4, 0.5) is 10.1 Å². The SMILES string of the molecule is C[C@@H](CC1(C(=N)Nc2ccc(F)cc2)c2ccc(C(N)=O)cc2CCc2cc(C(N)=O)ccc21)NCC(=O)N1CCC[C@H]1C#N. The lowest BCUT2D eigenvalue weighted by atomic mass is 9.67. The van der Waals surface area contributed by atoms with Gasteiger partial charge in [0.1, 0.15) is 17.7 Å². The Morgan fingerprint density at radius 1 is 1.02 bits per heavy atom. The van der Waals surface area contributed by atoms with Gasteiger partial charge in [-0.3, -0.25) is 19.8 Å². The number of amides is 3. The molecule has 2 aliphatic rings. The molecule has 0 aromatic heterocycles. The number of benzene rings is 3. The lowest BCUT2D eigenvalue weighted by Crippen LogP contribution is -2.48. The Hall–Kier alpha value is -5.08. The van der Waals surface area contributed by atoms with Crippen LogP contribution in [-0.4, -0.2) is 53.6 Å². The van der Waals surface area contributed by atoms with E-state index in [0.29, 0.717) is 49.0 Å². The molecule has 1 saturated heterocycles. The van der Waals surface area contributed by atoms with E-state index in [4.69, 9.17) is 11.5 Å². The Kier molecular flexibility index (Phi) is 8.97. The van der Waals surface area contributed by atoms with Crippen LogP contribution in [0.15, 0.2) is 60.7 Å². The molecule has 7 N–H and O–H groups in total. The summed E-state index contributed by atoms with van der Waals surface area (Å²) >= 11 is 0. The summed E-state index contributed by atoms with van der Waals surface area (Å²) in [5.41, 5.74) is 14.4. The number of nitriles is 1. The molecule has 2 atom stereocenters. The number of hydrogen-bond acceptors (Lipinski definition) is 6. The second-order valence-corrected chi connectivity index (χ2v) is 11.7. The first-order valence-corrected chi connectivity index (χ1v) is 14.9. The monoisotopic (exact) mass is 609 g/mol. The van der Waals surface area contributed by atoms with Crippen molar-refractivity contribution in [1.29, 1.82) is 10.7 Å². The molecule has 11 heteroatoms. The Balaban J connectivity index is 1.61. The van der Waals surface area contributed by atoms with Crippen molar-refractivity contribution < 1.29 is 18.8 Å². The maximum absolute atomic E-state index is 13.8. The molecule has 1 heterocycles. The summed E-state index contributed by atoms with van der Waals surface area (Å²) in [6.45, 7) is 2.47. The van der Waals surface area contributed by atoms with Gasteiger partial charge in [-0.15, -0.1) is 0 Å². The molecule has 1 aliphatic carbocycles. The van der Waals surface area contributed by atoms with E-state index in [-0.39, 0.29) is 24.3 Å². The maximum Gasteiger partial charge on any atom is 0.248 e. The van der Waals surface area contributed by atoms with Crippen LogP contribution >= 0.6 is 0 Å². The summed E-state index contributed by atoms with van der Waals surface area (Å²) in [6.07, 6.45) is 2.73. The number of hydrogen-bond donors (Lipinski definition) is 5. The zero-order chi connectivity index (χ0) is 32.3. The first-order valence-electron chi connectivity index (χ1n) is 14.9. The largest absolute Gasteiger partial charge is 0.366 e. The molecule has 3 amide bonds. The highest BCUT2D eigenvalue weighted by molar-refractivity contribution is 6.05. The zero-order valence-electron chi connectivity index (χ0n) is 25.0. The van der Waals surface area contributed by atoms with Crippen LogP contribution in [-0.2, 0) is 23.1 Å². The predicted octanol–water partition coefficient (Wildman–Crippen LogP) is 3.38. The highest BCUT2D eigenvalue weighted by Crippen LogP contribution is 2.45. The normalized spacial score (nSPS) is 17.3. The van der Waals surface area contributed by atoms with Crippen molar-refractivity contribution >= 4 is 29.2 Å². The van der Waals surface area contributed by atoms with Gasteiger partial charge in [-0.1, -0.05) is 12.1 Å². The molecule has 45 heavy (non-hydrogen) atoms. The van der Waals surface area contributed by atoms with Crippen LogP contribution < -0.4 is 22.1 Å². The highest BCUT2D eigenvalue weighted by atomic mass is 19.1. The summed E-state index contributed by atoms with van der Waals surface area (Å²) < 4.78 is 13.8. The van der Waals surface area contributed by atoms with Gasteiger partial charge < -0.3 is 27.0 Å². The van der Waals surface area contributed by atoms with Crippen molar-refractivity contribution in [3.05, 3.63) is 99.9 Å². The molecule has 5 rings (SSSR count). The fraction of sp³-hybridized carbons (Fsp3) is 0.324. The van der Waals surface area contributed by atoms with E-state index < -0.39 is 29.1 Å². The number of fused-ring (bicyclic) bond motifs is 2. The number of nitrogens with zero attached hydrogens (tertiary/aromatic N) is 2. The number of carbonyl (C=O) groups excluding carboxylic acids is 3. The molecule has 0 saturated carbocycles. The zero-order valence-corrected chi connectivity index (χ0v) is 25.0. The van der Waals surface area contributed by atoms with Crippen molar-refractivity contribution in [2.45, 2.75) is 56.5 Å². The summed E-state index contributed by atoms with van der Waals surface area (Å²) in [7, 11) is 0. The van der Waals surface area contributed by atoms with Gasteiger partial charge >= 0.3 is 0 Å². The van der Waals surface area contributed by atoms with Crippen LogP contribution in [0.1, 0.15) is 69.2 Å². The molecule has 0 radical (unpaired) electrons. The van der Waals surface area contributed by atoms with Crippen LogP contribution in [0.3, 0.4) is 0 Å². The van der Waals surface area contributed by atoms with E-state index in [1.54, 1.807) is 41.3 Å². The summed E-state index contributed by atoms with van der Waals surface area (Å²) in [5, 5.41) is 25.6. The van der Waals surface area contributed by atoms with Gasteiger partial charge in [0, 0.05) is 29.4 Å². The van der Waals surface area contributed by atoms with E-state index in [0.717, 1.165) is 28.7 Å². The summed E-state index contributed by atoms with van der Waals surface area (Å²) in [6, 6.07) is 17.5. The van der Waals surface area contributed by atoms with Gasteiger partial charge in [-0.25, -0.2) is 4.39 Å². The molecule has 0 unspecified atom stereocenters. The predicted molar refractivity (Wildman–Crippen MR) is 168 cm³/mol. The van der Waals surface area contributed by atoms with Crippen molar-refractivity contribution in [2.75, 3.05) is 18.4 Å². The van der Waals surface area contributed by atoms with Gasteiger partial charge in [0.2, 0.25) is 17.7 Å². The molecule has 232 valence electrons. The number of nitrogens with two attached hydrogens (primary N) is 2. The number of aryl methyl sites for hydroxylation is 2. The molecular formula is C34H36FN7O3. The molecule has 0 spiro atoms. The molecular weight excluding hydrogens is 573 g/mol. The Bertz CT molecular complexity index is 1630. The first kappa shape index (κ1) is 31.3. The third kappa shape index (κ3) is 6.28. The second kappa shape index (κ2) is 12.9. The number of primary amides is 2. The topological polar surface area (TPSA) is 178 Å². The van der Waals surface area contributed by atoms with Crippen LogP contribution in [0.2, 0.25) is 0 Å². The minimum Gasteiger partial charge on any atom is -0.366 e. The fourth-order valence-electron chi connectivity index (χ4n) is 6.62. The van der Waals surface area contributed by atoms with Gasteiger partial charge in [0.15, 0.2) is 0 Å². The lowest BCUT2D eigenvalue weighted by Gasteiger charge is -2.39. The van der Waals surface area contributed by atoms with E-state index >= 15 is 0 Å². The standard InChI is InChI=1S/C34H36FN7O3/c1-20(40-19-30(43)42-14-2-3-27(42)18-36)17-34(33(39)41-26-10-8-25(35)9-11-26)28-12-6-23(31(37)44)15-21(28)4-5-22-16-24(32(38)45)7-13-29(22)34/h6-13,15-16,20,27,40H,2-5,14,17,19H2,1H3,(H2,37,44)(H2,38,45)(H2,39,41)/t20-,27-/m0/s1. The Morgan fingerprint density at radius 2 is 1.60 bits per heavy atom. The molecule has 1 aliphatic heterocycles. The number of carbonyl (C=O) groups is 3. The average Bonchev–Trinajstić information content (AvgIpc) is 3.46. The summed E-state index contributed by atoms with van der Waals surface area (Å²) in [5.74, 6) is -1.65. The number of anilines is 1. The van der Waals surface area contributed by atoms with Gasteiger partial charge in [-0.05, 0) is 110 Å². The molecule has 3 aromatic rings. The van der Waals surface area contributed by atoms with E-state index in [1.165, 1.54) is 12.1 Å². The first-order chi connectivity index (χ1) is 21.5. The summed E-state index contributed by atoms with van der Waals surface area (Å²) in [4.78, 5) is 39.0. The smallest absolute Gasteiger partial charge is 0.248 e. The van der Waals surface area contributed by atoms with Gasteiger partial charge in [0.25, 0.3) is 0 Å². The number of rotatable bonds is 9. The number of amidine groups is 1. The number of likely N-dealkylation sites (tertiary alicyclic amines) is 1. The van der Waals surface area contributed by atoms with Gasteiger partial charge in [0.05, 0.1) is 18.0 Å². The Morgan fingerprint density at radius 3 is 2.13 bits per heavy atom. The lowest BCUT2D eigenvalue weighted by molar-refractivity contribution is -0.130. The van der Waals surface area contributed by atoms with Crippen LogP contribution in [0, 0.1) is 22.6 Å². The minimum atomic E-state index is -1.17. The van der Waals surface area contributed by atoms with E-state index in [1.807, 2.05) is 19.1 Å². The molecule has 0 bridgehead atoms. The van der Waals surface area contributed by atoms with Crippen molar-refractivity contribution in [1.82, 2.24) is 10.2 Å². The van der Waals surface area contributed by atoms with E-state index in [9.17, 15) is 29.4 Å². The quantitative estimate of drug-likeness (QED) is 0.183. The van der Waals surface area contributed by atoms with Crippen LogP contribution in [0.5, 0.6) is 0 Å².